The van der Waals surface area contributed by atoms with Gasteiger partial charge in [-0.15, -0.1) is 0 Å². The number of piperazine rings is 1. The fraction of sp³-hybridized carbons (Fsp3) is 0.611. The molecule has 0 saturated carbocycles. The van der Waals surface area contributed by atoms with E-state index in [4.69, 9.17) is 0 Å². The first-order valence-corrected chi connectivity index (χ1v) is 9.00. The highest BCUT2D eigenvalue weighted by molar-refractivity contribution is 5.96. The molecule has 2 aliphatic rings. The van der Waals surface area contributed by atoms with Gasteiger partial charge in [-0.2, -0.15) is 0 Å². The molecule has 2 fully saturated rings. The Bertz CT molecular complexity index is 656. The van der Waals surface area contributed by atoms with E-state index in [1.807, 2.05) is 23.8 Å². The topological polar surface area (TPSA) is 69.9 Å². The van der Waals surface area contributed by atoms with E-state index in [1.54, 1.807) is 12.1 Å². The van der Waals surface area contributed by atoms with Crippen molar-refractivity contribution in [3.8, 4) is 0 Å². The number of nitro benzene ring substituents is 1. The van der Waals surface area contributed by atoms with Gasteiger partial charge in [-0.3, -0.25) is 14.9 Å². The highest BCUT2D eigenvalue weighted by atomic mass is 16.6. The van der Waals surface area contributed by atoms with Crippen LogP contribution in [0.1, 0.15) is 36.5 Å². The molecule has 0 aliphatic carbocycles. The molecule has 1 amide bonds. The zero-order valence-electron chi connectivity index (χ0n) is 15.0. The molecule has 0 unspecified atom stereocenters. The monoisotopic (exact) mass is 346 g/mol. The van der Waals surface area contributed by atoms with E-state index in [0.717, 1.165) is 52.0 Å². The molecule has 1 aromatic rings. The van der Waals surface area contributed by atoms with Crippen LogP contribution in [0.5, 0.6) is 0 Å². The predicted octanol–water partition coefficient (Wildman–Crippen LogP) is 2.36. The van der Waals surface area contributed by atoms with Gasteiger partial charge in [0.05, 0.1) is 4.92 Å². The number of nitro groups is 1. The molecule has 7 nitrogen and oxygen atoms in total. The molecular weight excluding hydrogens is 320 g/mol. The van der Waals surface area contributed by atoms with E-state index in [1.165, 1.54) is 6.07 Å². The third-order valence-corrected chi connectivity index (χ3v) is 5.33. The van der Waals surface area contributed by atoms with Crippen LogP contribution < -0.4 is 4.90 Å². The Morgan fingerprint density at radius 3 is 2.52 bits per heavy atom. The number of piperidine rings is 1. The number of likely N-dealkylation sites (N-methyl/N-ethyl adjacent to an activating group) is 1. The second-order valence-corrected chi connectivity index (χ2v) is 7.09. The summed E-state index contributed by atoms with van der Waals surface area (Å²) in [5, 5.41) is 11.6. The smallest absolute Gasteiger partial charge is 0.293 e. The maximum Gasteiger partial charge on any atom is 0.293 e. The van der Waals surface area contributed by atoms with Crippen molar-refractivity contribution < 1.29 is 9.72 Å². The van der Waals surface area contributed by atoms with Crippen LogP contribution in [-0.4, -0.2) is 66.4 Å². The van der Waals surface area contributed by atoms with Crippen LogP contribution >= 0.6 is 0 Å². The average Bonchev–Trinajstić information content (AvgIpc) is 2.62. The Morgan fingerprint density at radius 1 is 1.16 bits per heavy atom. The Balaban J connectivity index is 1.86. The molecule has 0 radical (unpaired) electrons. The molecule has 7 heteroatoms. The summed E-state index contributed by atoms with van der Waals surface area (Å²) in [5.74, 6) is -0.0970. The van der Waals surface area contributed by atoms with Crippen molar-refractivity contribution in [3.05, 3.63) is 33.9 Å². The largest absolute Gasteiger partial charge is 0.363 e. The Morgan fingerprint density at radius 2 is 1.88 bits per heavy atom. The predicted molar refractivity (Wildman–Crippen MR) is 97.2 cm³/mol. The first-order valence-electron chi connectivity index (χ1n) is 9.00. The lowest BCUT2D eigenvalue weighted by molar-refractivity contribution is -0.384. The third-order valence-electron chi connectivity index (χ3n) is 5.33. The van der Waals surface area contributed by atoms with Crippen molar-refractivity contribution in [1.29, 1.82) is 0 Å². The van der Waals surface area contributed by atoms with Crippen molar-refractivity contribution in [1.82, 2.24) is 9.80 Å². The molecule has 2 saturated heterocycles. The standard InChI is InChI=1S/C18H26N4O3/c1-14-5-3-4-8-21(14)18(23)15-6-7-16(17(13-15)22(24)25)20-11-9-19(2)10-12-20/h6-7,13-14H,3-5,8-12H2,1-2H3/t14-/m1/s1. The molecule has 0 spiro atoms. The minimum absolute atomic E-state index is 0.0278. The van der Waals surface area contributed by atoms with Crippen molar-refractivity contribution in [2.45, 2.75) is 32.2 Å². The number of amides is 1. The number of carbonyl (C=O) groups is 1. The quantitative estimate of drug-likeness (QED) is 0.621. The summed E-state index contributed by atoms with van der Waals surface area (Å²) in [6.07, 6.45) is 3.12. The molecule has 0 N–H and O–H groups in total. The molecule has 1 aromatic carbocycles. The normalized spacial score (nSPS) is 22.1. The number of hydrogen-bond donors (Lipinski definition) is 0. The number of hydrogen-bond acceptors (Lipinski definition) is 5. The second kappa shape index (κ2) is 7.39. The molecule has 3 rings (SSSR count). The Labute approximate surface area is 148 Å². The van der Waals surface area contributed by atoms with Gasteiger partial charge in [0.2, 0.25) is 0 Å². The summed E-state index contributed by atoms with van der Waals surface area (Å²) in [5.41, 5.74) is 1.06. The van der Waals surface area contributed by atoms with E-state index in [0.29, 0.717) is 11.3 Å². The summed E-state index contributed by atoms with van der Waals surface area (Å²) in [4.78, 5) is 30.1. The van der Waals surface area contributed by atoms with Gasteiger partial charge >= 0.3 is 0 Å². The first-order chi connectivity index (χ1) is 12.0. The van der Waals surface area contributed by atoms with Crippen LogP contribution in [0, 0.1) is 10.1 Å². The lowest BCUT2D eigenvalue weighted by atomic mass is 10.0. The Hall–Kier alpha value is -2.15. The third kappa shape index (κ3) is 3.76. The molecule has 25 heavy (non-hydrogen) atoms. The van der Waals surface area contributed by atoms with Crippen molar-refractivity contribution >= 4 is 17.3 Å². The maximum absolute atomic E-state index is 12.8. The van der Waals surface area contributed by atoms with Gasteiger partial charge in [-0.1, -0.05) is 0 Å². The van der Waals surface area contributed by atoms with Crippen LogP contribution in [0.15, 0.2) is 18.2 Å². The lowest BCUT2D eigenvalue weighted by Crippen LogP contribution is -2.44. The molecule has 2 aliphatic heterocycles. The number of likely N-dealkylation sites (tertiary alicyclic amines) is 1. The van der Waals surface area contributed by atoms with Gasteiger partial charge in [0.1, 0.15) is 5.69 Å². The number of anilines is 1. The highest BCUT2D eigenvalue weighted by Crippen LogP contribution is 2.31. The molecule has 1 atom stereocenters. The molecule has 0 bridgehead atoms. The van der Waals surface area contributed by atoms with Crippen LogP contribution in [0.3, 0.4) is 0 Å². The molecule has 136 valence electrons. The van der Waals surface area contributed by atoms with Crippen LogP contribution in [0.4, 0.5) is 11.4 Å². The van der Waals surface area contributed by atoms with Crippen molar-refractivity contribution in [3.63, 3.8) is 0 Å². The average molecular weight is 346 g/mol. The SMILES string of the molecule is C[C@@H]1CCCCN1C(=O)c1ccc(N2CCN(C)CC2)c([N+](=O)[O-])c1. The van der Waals surface area contributed by atoms with E-state index in [9.17, 15) is 14.9 Å². The number of rotatable bonds is 3. The summed E-state index contributed by atoms with van der Waals surface area (Å²) in [7, 11) is 2.05. The van der Waals surface area contributed by atoms with Crippen molar-refractivity contribution in [2.24, 2.45) is 0 Å². The Kier molecular flexibility index (Phi) is 5.22. The lowest BCUT2D eigenvalue weighted by Gasteiger charge is -2.34. The van der Waals surface area contributed by atoms with Crippen LogP contribution in [0.25, 0.3) is 0 Å². The van der Waals surface area contributed by atoms with Gasteiger partial charge < -0.3 is 14.7 Å². The minimum atomic E-state index is -0.371. The number of nitrogens with zero attached hydrogens (tertiary/aromatic N) is 4. The molecular formula is C18H26N4O3. The fourth-order valence-corrected chi connectivity index (χ4v) is 3.68. The van der Waals surface area contributed by atoms with E-state index < -0.39 is 0 Å². The summed E-state index contributed by atoms with van der Waals surface area (Å²) < 4.78 is 0. The van der Waals surface area contributed by atoms with Crippen LogP contribution in [-0.2, 0) is 0 Å². The van der Waals surface area contributed by atoms with Crippen molar-refractivity contribution in [2.75, 3.05) is 44.7 Å². The van der Waals surface area contributed by atoms with E-state index >= 15 is 0 Å². The summed E-state index contributed by atoms with van der Waals surface area (Å²) >= 11 is 0. The number of carbonyl (C=O) groups excluding carboxylic acids is 1. The zero-order valence-corrected chi connectivity index (χ0v) is 15.0. The first kappa shape index (κ1) is 17.7. The van der Waals surface area contributed by atoms with Gasteiger partial charge in [-0.05, 0) is 45.4 Å². The fourth-order valence-electron chi connectivity index (χ4n) is 3.68. The summed E-state index contributed by atoms with van der Waals surface area (Å²) in [6, 6.07) is 5.13. The second-order valence-electron chi connectivity index (χ2n) is 7.09. The van der Waals surface area contributed by atoms with Gasteiger partial charge in [-0.25, -0.2) is 0 Å². The summed E-state index contributed by atoms with van der Waals surface area (Å²) in [6.45, 7) is 6.05. The number of benzene rings is 1. The van der Waals surface area contributed by atoms with E-state index in [2.05, 4.69) is 4.90 Å². The van der Waals surface area contributed by atoms with Crippen LogP contribution in [0.2, 0.25) is 0 Å². The zero-order chi connectivity index (χ0) is 18.0. The minimum Gasteiger partial charge on any atom is -0.363 e. The van der Waals surface area contributed by atoms with Gasteiger partial charge in [0.15, 0.2) is 0 Å². The van der Waals surface area contributed by atoms with Gasteiger partial charge in [0.25, 0.3) is 11.6 Å². The molecule has 0 aromatic heterocycles. The van der Waals surface area contributed by atoms with E-state index in [-0.39, 0.29) is 22.6 Å². The maximum atomic E-state index is 12.8. The highest BCUT2D eigenvalue weighted by Gasteiger charge is 2.28. The molecule has 2 heterocycles. The van der Waals surface area contributed by atoms with Gasteiger partial charge in [0, 0.05) is 50.4 Å².